The van der Waals surface area contributed by atoms with Crippen LogP contribution >= 0.6 is 0 Å². The van der Waals surface area contributed by atoms with Gasteiger partial charge in [0.15, 0.2) is 0 Å². The molecule has 0 aromatic rings. The summed E-state index contributed by atoms with van der Waals surface area (Å²) in [5.41, 5.74) is 5.90. The maximum absolute atomic E-state index is 12.4. The minimum atomic E-state index is -1.17. The van der Waals surface area contributed by atoms with Gasteiger partial charge in [0.25, 0.3) is 0 Å². The number of rotatable bonds is 11. The first-order valence-corrected chi connectivity index (χ1v) is 8.90. The average Bonchev–Trinajstić information content (AvgIpc) is 2.61. The first-order chi connectivity index (χ1) is 12.0. The SMILES string of the molecule is CCC(C)C(N)C(=O)NC(C(=O)NCC(=O)NC(C)C(=O)O)C(C)CC. The third-order valence-electron chi connectivity index (χ3n) is 4.52. The molecule has 6 N–H and O–H groups in total. The Morgan fingerprint density at radius 1 is 0.923 bits per heavy atom. The van der Waals surface area contributed by atoms with E-state index in [4.69, 9.17) is 10.8 Å². The number of nitrogens with one attached hydrogen (secondary N) is 3. The quantitative estimate of drug-likeness (QED) is 0.333. The topological polar surface area (TPSA) is 151 Å². The highest BCUT2D eigenvalue weighted by Gasteiger charge is 2.29. The van der Waals surface area contributed by atoms with E-state index in [9.17, 15) is 19.2 Å². The molecule has 0 saturated carbocycles. The molecule has 0 aliphatic rings. The lowest BCUT2D eigenvalue weighted by Crippen LogP contribution is -2.56. The fraction of sp³-hybridized carbons (Fsp3) is 0.765. The molecule has 0 saturated heterocycles. The predicted molar refractivity (Wildman–Crippen MR) is 97.1 cm³/mol. The van der Waals surface area contributed by atoms with Crippen LogP contribution in [0.1, 0.15) is 47.5 Å². The van der Waals surface area contributed by atoms with E-state index in [0.29, 0.717) is 6.42 Å². The fourth-order valence-corrected chi connectivity index (χ4v) is 2.10. The molecular weight excluding hydrogens is 340 g/mol. The van der Waals surface area contributed by atoms with E-state index in [1.165, 1.54) is 6.92 Å². The van der Waals surface area contributed by atoms with E-state index in [1.54, 1.807) is 0 Å². The van der Waals surface area contributed by atoms with Crippen molar-refractivity contribution in [2.75, 3.05) is 6.54 Å². The Kier molecular flexibility index (Phi) is 10.5. The molecule has 0 bridgehead atoms. The molecule has 9 heteroatoms. The van der Waals surface area contributed by atoms with Crippen LogP contribution in [0.25, 0.3) is 0 Å². The van der Waals surface area contributed by atoms with Crippen molar-refractivity contribution in [3.63, 3.8) is 0 Å². The molecule has 26 heavy (non-hydrogen) atoms. The number of aliphatic carboxylic acids is 1. The van der Waals surface area contributed by atoms with Crippen molar-refractivity contribution >= 4 is 23.7 Å². The Bertz CT molecular complexity index is 511. The number of carboxylic acids is 1. The third-order valence-corrected chi connectivity index (χ3v) is 4.52. The second-order valence-electron chi connectivity index (χ2n) is 6.63. The first-order valence-electron chi connectivity index (χ1n) is 8.90. The zero-order valence-electron chi connectivity index (χ0n) is 16.2. The van der Waals surface area contributed by atoms with Crippen molar-refractivity contribution in [1.82, 2.24) is 16.0 Å². The van der Waals surface area contributed by atoms with Gasteiger partial charge < -0.3 is 26.8 Å². The van der Waals surface area contributed by atoms with Crippen molar-refractivity contribution in [2.45, 2.75) is 65.6 Å². The Balaban J connectivity index is 4.82. The van der Waals surface area contributed by atoms with E-state index in [-0.39, 0.29) is 18.4 Å². The highest BCUT2D eigenvalue weighted by atomic mass is 16.4. The van der Waals surface area contributed by atoms with Crippen molar-refractivity contribution in [1.29, 1.82) is 0 Å². The second-order valence-corrected chi connectivity index (χ2v) is 6.63. The highest BCUT2D eigenvalue weighted by Crippen LogP contribution is 2.10. The van der Waals surface area contributed by atoms with E-state index < -0.39 is 41.8 Å². The molecule has 0 heterocycles. The van der Waals surface area contributed by atoms with Crippen molar-refractivity contribution in [3.8, 4) is 0 Å². The standard InChI is InChI=1S/C17H32N4O5/c1-6-9(3)13(18)15(23)21-14(10(4)7-2)16(24)19-8-12(22)20-11(5)17(25)26/h9-11,13-14H,6-8,18H2,1-5H3,(H,19,24)(H,20,22)(H,21,23)(H,25,26). The summed E-state index contributed by atoms with van der Waals surface area (Å²) < 4.78 is 0. The largest absolute Gasteiger partial charge is 0.480 e. The van der Waals surface area contributed by atoms with Gasteiger partial charge in [-0.05, 0) is 18.8 Å². The van der Waals surface area contributed by atoms with Crippen LogP contribution < -0.4 is 21.7 Å². The number of carbonyl (C=O) groups excluding carboxylic acids is 3. The lowest BCUT2D eigenvalue weighted by Gasteiger charge is -2.26. The van der Waals surface area contributed by atoms with Gasteiger partial charge in [-0.1, -0.05) is 40.5 Å². The Labute approximate surface area is 154 Å². The normalized spacial score (nSPS) is 16.5. The minimum absolute atomic E-state index is 0.0288. The van der Waals surface area contributed by atoms with Gasteiger partial charge in [0, 0.05) is 0 Å². The van der Waals surface area contributed by atoms with Crippen LogP contribution in [0.3, 0.4) is 0 Å². The Morgan fingerprint density at radius 2 is 1.46 bits per heavy atom. The molecule has 150 valence electrons. The number of hydrogen-bond donors (Lipinski definition) is 5. The molecule has 3 amide bonds. The Morgan fingerprint density at radius 3 is 1.92 bits per heavy atom. The number of carboxylic acid groups (broad SMARTS) is 1. The van der Waals surface area contributed by atoms with Crippen LogP contribution in [0.4, 0.5) is 0 Å². The van der Waals surface area contributed by atoms with Crippen LogP contribution in [0.2, 0.25) is 0 Å². The number of amides is 3. The summed E-state index contributed by atoms with van der Waals surface area (Å²) in [6.07, 6.45) is 1.37. The molecule has 0 radical (unpaired) electrons. The van der Waals surface area contributed by atoms with Crippen LogP contribution in [0, 0.1) is 11.8 Å². The van der Waals surface area contributed by atoms with Gasteiger partial charge in [-0.3, -0.25) is 19.2 Å². The van der Waals surface area contributed by atoms with Crippen LogP contribution in [-0.4, -0.2) is 53.5 Å². The first kappa shape index (κ1) is 23.8. The number of hydrogen-bond acceptors (Lipinski definition) is 5. The number of carbonyl (C=O) groups is 4. The van der Waals surface area contributed by atoms with Crippen LogP contribution in [-0.2, 0) is 19.2 Å². The molecule has 0 aliphatic carbocycles. The molecule has 0 aromatic carbocycles. The van der Waals surface area contributed by atoms with Crippen LogP contribution in [0.15, 0.2) is 0 Å². The van der Waals surface area contributed by atoms with Gasteiger partial charge in [0.2, 0.25) is 17.7 Å². The highest BCUT2D eigenvalue weighted by molar-refractivity contribution is 5.92. The molecule has 5 atom stereocenters. The van der Waals surface area contributed by atoms with Crippen LogP contribution in [0.5, 0.6) is 0 Å². The lowest BCUT2D eigenvalue weighted by atomic mass is 9.95. The van der Waals surface area contributed by atoms with E-state index >= 15 is 0 Å². The van der Waals surface area contributed by atoms with Gasteiger partial charge in [-0.2, -0.15) is 0 Å². The molecule has 5 unspecified atom stereocenters. The summed E-state index contributed by atoms with van der Waals surface area (Å²) in [6, 6.07) is -2.61. The average molecular weight is 372 g/mol. The van der Waals surface area contributed by atoms with Crippen molar-refractivity contribution in [2.24, 2.45) is 17.6 Å². The Hall–Kier alpha value is -2.16. The van der Waals surface area contributed by atoms with Gasteiger partial charge in [0.05, 0.1) is 12.6 Å². The summed E-state index contributed by atoms with van der Waals surface area (Å²) in [7, 11) is 0. The monoisotopic (exact) mass is 372 g/mol. The lowest BCUT2D eigenvalue weighted by molar-refractivity contribution is -0.141. The van der Waals surface area contributed by atoms with E-state index in [2.05, 4.69) is 16.0 Å². The van der Waals surface area contributed by atoms with Crippen molar-refractivity contribution in [3.05, 3.63) is 0 Å². The molecule has 0 spiro atoms. The summed E-state index contributed by atoms with van der Waals surface area (Å²) in [5.74, 6) is -2.92. The van der Waals surface area contributed by atoms with Gasteiger partial charge in [-0.15, -0.1) is 0 Å². The number of nitrogens with two attached hydrogens (primary N) is 1. The smallest absolute Gasteiger partial charge is 0.325 e. The van der Waals surface area contributed by atoms with Gasteiger partial charge in [-0.25, -0.2) is 0 Å². The summed E-state index contributed by atoms with van der Waals surface area (Å²) in [6.45, 7) is 8.42. The summed E-state index contributed by atoms with van der Waals surface area (Å²) >= 11 is 0. The summed E-state index contributed by atoms with van der Waals surface area (Å²) in [5, 5.41) is 16.1. The van der Waals surface area contributed by atoms with E-state index in [1.807, 2.05) is 27.7 Å². The molecule has 0 aliphatic heterocycles. The molecule has 0 fully saturated rings. The van der Waals surface area contributed by atoms with Crippen molar-refractivity contribution < 1.29 is 24.3 Å². The molecule has 9 nitrogen and oxygen atoms in total. The zero-order chi connectivity index (χ0) is 20.4. The maximum Gasteiger partial charge on any atom is 0.325 e. The van der Waals surface area contributed by atoms with Gasteiger partial charge in [0.1, 0.15) is 12.1 Å². The zero-order valence-corrected chi connectivity index (χ0v) is 16.2. The molecule has 0 rings (SSSR count). The van der Waals surface area contributed by atoms with Gasteiger partial charge >= 0.3 is 5.97 Å². The molecular formula is C17H32N4O5. The molecule has 0 aromatic heterocycles. The minimum Gasteiger partial charge on any atom is -0.480 e. The summed E-state index contributed by atoms with van der Waals surface area (Å²) in [4.78, 5) is 47.1. The van der Waals surface area contributed by atoms with E-state index in [0.717, 1.165) is 6.42 Å². The second kappa shape index (κ2) is 11.5. The third kappa shape index (κ3) is 7.81. The maximum atomic E-state index is 12.4. The predicted octanol–water partition coefficient (Wildman–Crippen LogP) is -0.404. The fourth-order valence-electron chi connectivity index (χ4n) is 2.10.